The van der Waals surface area contributed by atoms with E-state index in [1.807, 2.05) is 7.05 Å². The first kappa shape index (κ1) is 12.1. The lowest BCUT2D eigenvalue weighted by Crippen LogP contribution is -2.47. The topological polar surface area (TPSA) is 58.9 Å². The molecular formula is C12H20N4O. The van der Waals surface area contributed by atoms with Gasteiger partial charge in [0.25, 0.3) is 5.91 Å². The Hall–Kier alpha value is -1.36. The van der Waals surface area contributed by atoms with E-state index in [1.165, 1.54) is 12.8 Å². The highest BCUT2D eigenvalue weighted by Gasteiger charge is 2.21. The molecule has 1 aromatic rings. The Morgan fingerprint density at radius 3 is 3.18 bits per heavy atom. The van der Waals surface area contributed by atoms with Crippen LogP contribution in [0, 0.1) is 5.92 Å². The van der Waals surface area contributed by atoms with Gasteiger partial charge in [0.2, 0.25) is 0 Å². The molecule has 1 aliphatic heterocycles. The van der Waals surface area contributed by atoms with Crippen molar-refractivity contribution >= 4 is 5.91 Å². The van der Waals surface area contributed by atoms with Crippen molar-refractivity contribution in [3.8, 4) is 0 Å². The molecule has 1 aliphatic rings. The number of carbonyl (C=O) groups is 1. The number of aromatic nitrogens is 2. The fourth-order valence-electron chi connectivity index (χ4n) is 2.21. The maximum atomic E-state index is 11.8. The van der Waals surface area contributed by atoms with Gasteiger partial charge in [0.05, 0.1) is 6.33 Å². The van der Waals surface area contributed by atoms with Gasteiger partial charge in [-0.05, 0) is 25.3 Å². The van der Waals surface area contributed by atoms with E-state index in [0.717, 1.165) is 6.54 Å². The van der Waals surface area contributed by atoms with Crippen molar-refractivity contribution < 1.29 is 4.79 Å². The standard InChI is InChI=1S/C12H20N4O/c1-9-4-3-5-13-10(9)6-14-12(17)11-7-16(2)8-15-11/h7-10,13H,3-6H2,1-2H3,(H,14,17). The van der Waals surface area contributed by atoms with E-state index in [2.05, 4.69) is 22.5 Å². The molecule has 2 N–H and O–H groups in total. The third-order valence-electron chi connectivity index (χ3n) is 3.35. The predicted octanol–water partition coefficient (Wildman–Crippen LogP) is 0.538. The van der Waals surface area contributed by atoms with Crippen LogP contribution < -0.4 is 10.6 Å². The van der Waals surface area contributed by atoms with Gasteiger partial charge in [-0.2, -0.15) is 0 Å². The Kier molecular flexibility index (Phi) is 3.78. The van der Waals surface area contributed by atoms with Crippen molar-refractivity contribution in [3.63, 3.8) is 0 Å². The number of hydrogen-bond acceptors (Lipinski definition) is 3. The molecule has 0 aromatic carbocycles. The number of hydrogen-bond donors (Lipinski definition) is 2. The van der Waals surface area contributed by atoms with E-state index < -0.39 is 0 Å². The SMILES string of the molecule is CC1CCCNC1CNC(=O)c1cn(C)cn1. The van der Waals surface area contributed by atoms with Gasteiger partial charge >= 0.3 is 0 Å². The van der Waals surface area contributed by atoms with E-state index in [-0.39, 0.29) is 5.91 Å². The summed E-state index contributed by atoms with van der Waals surface area (Å²) in [7, 11) is 1.86. The van der Waals surface area contributed by atoms with E-state index in [1.54, 1.807) is 17.1 Å². The first-order valence-electron chi connectivity index (χ1n) is 6.16. The summed E-state index contributed by atoms with van der Waals surface area (Å²) in [6.07, 6.45) is 5.83. The van der Waals surface area contributed by atoms with Crippen LogP contribution in [0.1, 0.15) is 30.3 Å². The molecule has 1 fully saturated rings. The average molecular weight is 236 g/mol. The van der Waals surface area contributed by atoms with E-state index >= 15 is 0 Å². The van der Waals surface area contributed by atoms with Crippen molar-refractivity contribution in [1.29, 1.82) is 0 Å². The molecule has 0 spiro atoms. The summed E-state index contributed by atoms with van der Waals surface area (Å²) >= 11 is 0. The third kappa shape index (κ3) is 3.06. The second-order valence-corrected chi connectivity index (χ2v) is 4.81. The highest BCUT2D eigenvalue weighted by Crippen LogP contribution is 2.14. The Balaban J connectivity index is 1.83. The van der Waals surface area contributed by atoms with Crippen LogP contribution in [0.3, 0.4) is 0 Å². The molecule has 0 saturated carbocycles. The van der Waals surface area contributed by atoms with Gasteiger partial charge < -0.3 is 15.2 Å². The zero-order valence-corrected chi connectivity index (χ0v) is 10.4. The quantitative estimate of drug-likeness (QED) is 0.805. The number of rotatable bonds is 3. The minimum absolute atomic E-state index is 0.0924. The van der Waals surface area contributed by atoms with Gasteiger partial charge in [0.15, 0.2) is 0 Å². The van der Waals surface area contributed by atoms with Crippen LogP contribution in [0.2, 0.25) is 0 Å². The maximum absolute atomic E-state index is 11.8. The minimum Gasteiger partial charge on any atom is -0.349 e. The Morgan fingerprint density at radius 1 is 1.71 bits per heavy atom. The van der Waals surface area contributed by atoms with Gasteiger partial charge in [-0.15, -0.1) is 0 Å². The van der Waals surface area contributed by atoms with E-state index in [9.17, 15) is 4.79 Å². The van der Waals surface area contributed by atoms with Crippen LogP contribution in [0.15, 0.2) is 12.5 Å². The van der Waals surface area contributed by atoms with Crippen LogP contribution in [-0.4, -0.2) is 34.6 Å². The first-order chi connectivity index (χ1) is 8.16. The summed E-state index contributed by atoms with van der Waals surface area (Å²) in [5.74, 6) is 0.526. The molecule has 17 heavy (non-hydrogen) atoms. The van der Waals surface area contributed by atoms with Crippen molar-refractivity contribution in [2.45, 2.75) is 25.8 Å². The summed E-state index contributed by atoms with van der Waals surface area (Å²) in [6, 6.07) is 0.386. The van der Waals surface area contributed by atoms with Gasteiger partial charge in [-0.3, -0.25) is 4.79 Å². The Labute approximate surface area is 102 Å². The van der Waals surface area contributed by atoms with E-state index in [4.69, 9.17) is 0 Å². The number of amides is 1. The lowest BCUT2D eigenvalue weighted by molar-refractivity contribution is 0.0939. The van der Waals surface area contributed by atoms with Crippen LogP contribution in [0.25, 0.3) is 0 Å². The van der Waals surface area contributed by atoms with Gasteiger partial charge in [0.1, 0.15) is 5.69 Å². The zero-order valence-electron chi connectivity index (χ0n) is 10.4. The number of carbonyl (C=O) groups excluding carboxylic acids is 1. The lowest BCUT2D eigenvalue weighted by atomic mass is 9.93. The van der Waals surface area contributed by atoms with Crippen molar-refractivity contribution in [3.05, 3.63) is 18.2 Å². The summed E-state index contributed by atoms with van der Waals surface area (Å²) in [4.78, 5) is 15.8. The average Bonchev–Trinajstić information content (AvgIpc) is 2.74. The lowest BCUT2D eigenvalue weighted by Gasteiger charge is -2.30. The predicted molar refractivity (Wildman–Crippen MR) is 65.7 cm³/mol. The van der Waals surface area contributed by atoms with Gasteiger partial charge in [0, 0.05) is 25.8 Å². The first-order valence-corrected chi connectivity index (χ1v) is 6.16. The van der Waals surface area contributed by atoms with Crippen molar-refractivity contribution in [1.82, 2.24) is 20.2 Å². The second kappa shape index (κ2) is 5.31. The molecule has 94 valence electrons. The summed E-state index contributed by atoms with van der Waals surface area (Å²) in [5.41, 5.74) is 0.482. The van der Waals surface area contributed by atoms with E-state index in [0.29, 0.717) is 24.2 Å². The van der Waals surface area contributed by atoms with Gasteiger partial charge in [-0.25, -0.2) is 4.98 Å². The molecule has 0 aliphatic carbocycles. The van der Waals surface area contributed by atoms with Crippen LogP contribution in [0.5, 0.6) is 0 Å². The number of nitrogens with one attached hydrogen (secondary N) is 2. The molecule has 2 atom stereocenters. The molecule has 5 heteroatoms. The highest BCUT2D eigenvalue weighted by molar-refractivity contribution is 5.92. The van der Waals surface area contributed by atoms with Gasteiger partial charge in [-0.1, -0.05) is 6.92 Å². The van der Waals surface area contributed by atoms with Crippen molar-refractivity contribution in [2.75, 3.05) is 13.1 Å². The number of nitrogens with zero attached hydrogens (tertiary/aromatic N) is 2. The second-order valence-electron chi connectivity index (χ2n) is 4.81. The number of aryl methyl sites for hydroxylation is 1. The van der Waals surface area contributed by atoms with Crippen LogP contribution in [-0.2, 0) is 7.05 Å². The fourth-order valence-corrected chi connectivity index (χ4v) is 2.21. The molecule has 2 heterocycles. The Morgan fingerprint density at radius 2 is 2.53 bits per heavy atom. The molecule has 1 amide bonds. The number of imidazole rings is 1. The fraction of sp³-hybridized carbons (Fsp3) is 0.667. The minimum atomic E-state index is -0.0924. The normalized spacial score (nSPS) is 24.6. The summed E-state index contributed by atoms with van der Waals surface area (Å²) in [5, 5.41) is 6.38. The summed E-state index contributed by atoms with van der Waals surface area (Å²) in [6.45, 7) is 3.95. The molecule has 5 nitrogen and oxygen atoms in total. The molecule has 1 saturated heterocycles. The maximum Gasteiger partial charge on any atom is 0.271 e. The van der Waals surface area contributed by atoms with Crippen molar-refractivity contribution in [2.24, 2.45) is 13.0 Å². The summed E-state index contributed by atoms with van der Waals surface area (Å²) < 4.78 is 1.77. The highest BCUT2D eigenvalue weighted by atomic mass is 16.1. The number of piperidine rings is 1. The zero-order chi connectivity index (χ0) is 12.3. The van der Waals surface area contributed by atoms with Crippen LogP contribution in [0.4, 0.5) is 0 Å². The molecular weight excluding hydrogens is 216 g/mol. The molecule has 0 bridgehead atoms. The monoisotopic (exact) mass is 236 g/mol. The Bertz CT molecular complexity index is 388. The largest absolute Gasteiger partial charge is 0.349 e. The molecule has 2 unspecified atom stereocenters. The molecule has 2 rings (SSSR count). The van der Waals surface area contributed by atoms with Crippen LogP contribution >= 0.6 is 0 Å². The molecule has 0 radical (unpaired) electrons. The smallest absolute Gasteiger partial charge is 0.271 e. The third-order valence-corrected chi connectivity index (χ3v) is 3.35. The molecule has 1 aromatic heterocycles.